The van der Waals surface area contributed by atoms with Gasteiger partial charge in [0.1, 0.15) is 0 Å². The molecule has 0 radical (unpaired) electrons. The van der Waals surface area contributed by atoms with E-state index >= 15 is 0 Å². The van der Waals surface area contributed by atoms with Crippen molar-refractivity contribution in [1.29, 1.82) is 0 Å². The summed E-state index contributed by atoms with van der Waals surface area (Å²) < 4.78 is 2.00. The van der Waals surface area contributed by atoms with Crippen molar-refractivity contribution in [3.8, 4) is 0 Å². The molecule has 0 aliphatic rings. The van der Waals surface area contributed by atoms with Crippen LogP contribution in [0.1, 0.15) is 43.3 Å². The molecule has 0 saturated carbocycles. The molecule has 5 heteroatoms. The van der Waals surface area contributed by atoms with Gasteiger partial charge in [-0.3, -0.25) is 4.68 Å². The molecule has 25 heavy (non-hydrogen) atoms. The molecule has 2 rings (SSSR count). The highest BCUT2D eigenvalue weighted by molar-refractivity contribution is 5.79. The van der Waals surface area contributed by atoms with E-state index in [-0.39, 0.29) is 0 Å². The topological polar surface area (TPSA) is 45.5 Å². The van der Waals surface area contributed by atoms with Crippen LogP contribution in [0.15, 0.2) is 35.3 Å². The second kappa shape index (κ2) is 9.25. The van der Waals surface area contributed by atoms with E-state index in [4.69, 9.17) is 4.99 Å². The molecule has 0 unspecified atom stereocenters. The number of benzene rings is 1. The lowest BCUT2D eigenvalue weighted by Gasteiger charge is -2.22. The van der Waals surface area contributed by atoms with Crippen molar-refractivity contribution >= 4 is 5.96 Å². The molecule has 1 aromatic carbocycles. The summed E-state index contributed by atoms with van der Waals surface area (Å²) in [4.78, 5) is 7.06. The molecule has 2 aromatic rings. The van der Waals surface area contributed by atoms with E-state index in [1.807, 2.05) is 17.8 Å². The first-order valence-electron chi connectivity index (χ1n) is 9.17. The first kappa shape index (κ1) is 19.0. The van der Waals surface area contributed by atoms with Crippen LogP contribution in [0.4, 0.5) is 0 Å². The van der Waals surface area contributed by atoms with Gasteiger partial charge < -0.3 is 10.2 Å². The highest BCUT2D eigenvalue weighted by atomic mass is 15.3. The minimum absolute atomic E-state index is 0.668. The minimum Gasteiger partial charge on any atom is -0.357 e. The molecule has 0 saturated heterocycles. The zero-order chi connectivity index (χ0) is 18.2. The van der Waals surface area contributed by atoms with Crippen LogP contribution >= 0.6 is 0 Å². The SMILES string of the molecule is CCNC(=NCc1c(CC)nn(C)c1CC)N(C)Cc1ccccc1. The summed E-state index contributed by atoms with van der Waals surface area (Å²) in [6.07, 6.45) is 1.92. The molecule has 0 amide bonds. The van der Waals surface area contributed by atoms with Crippen molar-refractivity contribution < 1.29 is 0 Å². The molecule has 136 valence electrons. The van der Waals surface area contributed by atoms with E-state index in [1.165, 1.54) is 16.8 Å². The smallest absolute Gasteiger partial charge is 0.194 e. The van der Waals surface area contributed by atoms with Crippen molar-refractivity contribution in [2.75, 3.05) is 13.6 Å². The van der Waals surface area contributed by atoms with E-state index in [0.29, 0.717) is 6.54 Å². The van der Waals surface area contributed by atoms with Gasteiger partial charge in [0.15, 0.2) is 5.96 Å². The van der Waals surface area contributed by atoms with E-state index in [9.17, 15) is 0 Å². The predicted molar refractivity (Wildman–Crippen MR) is 105 cm³/mol. The van der Waals surface area contributed by atoms with Crippen LogP contribution in [0.25, 0.3) is 0 Å². The Bertz CT molecular complexity index is 688. The summed E-state index contributed by atoms with van der Waals surface area (Å²) in [5.41, 5.74) is 4.99. The van der Waals surface area contributed by atoms with Gasteiger partial charge in [0.05, 0.1) is 12.2 Å². The molecule has 1 heterocycles. The highest BCUT2D eigenvalue weighted by Gasteiger charge is 2.14. The van der Waals surface area contributed by atoms with Gasteiger partial charge in [-0.15, -0.1) is 0 Å². The molecular formula is C20H31N5. The van der Waals surface area contributed by atoms with Crippen molar-refractivity contribution in [2.24, 2.45) is 12.0 Å². The molecule has 0 bridgehead atoms. The van der Waals surface area contributed by atoms with E-state index < -0.39 is 0 Å². The predicted octanol–water partition coefficient (Wildman–Crippen LogP) is 3.14. The highest BCUT2D eigenvalue weighted by Crippen LogP contribution is 2.17. The third kappa shape index (κ3) is 4.84. The summed E-state index contributed by atoms with van der Waals surface area (Å²) in [7, 11) is 4.11. The Labute approximate surface area is 151 Å². The molecule has 1 aromatic heterocycles. The van der Waals surface area contributed by atoms with Crippen LogP contribution in [0, 0.1) is 0 Å². The van der Waals surface area contributed by atoms with Gasteiger partial charge >= 0.3 is 0 Å². The second-order valence-corrected chi connectivity index (χ2v) is 6.21. The molecule has 1 N–H and O–H groups in total. The van der Waals surface area contributed by atoms with Crippen molar-refractivity contribution in [1.82, 2.24) is 20.0 Å². The fourth-order valence-electron chi connectivity index (χ4n) is 3.13. The van der Waals surface area contributed by atoms with E-state index in [2.05, 4.69) is 67.4 Å². The number of hydrogen-bond donors (Lipinski definition) is 1. The lowest BCUT2D eigenvalue weighted by Crippen LogP contribution is -2.38. The van der Waals surface area contributed by atoms with Gasteiger partial charge in [0, 0.05) is 38.4 Å². The monoisotopic (exact) mass is 341 g/mol. The Hall–Kier alpha value is -2.30. The number of aliphatic imine (C=N–C) groups is 1. The van der Waals surface area contributed by atoms with Crippen LogP contribution in [0.5, 0.6) is 0 Å². The first-order chi connectivity index (χ1) is 12.1. The number of nitrogens with one attached hydrogen (secondary N) is 1. The molecule has 0 aliphatic heterocycles. The van der Waals surface area contributed by atoms with Gasteiger partial charge in [-0.2, -0.15) is 5.10 Å². The molecule has 0 aliphatic carbocycles. The number of guanidine groups is 1. The normalized spacial score (nSPS) is 11.6. The van der Waals surface area contributed by atoms with E-state index in [1.54, 1.807) is 0 Å². The van der Waals surface area contributed by atoms with Gasteiger partial charge in [-0.05, 0) is 25.3 Å². The average Bonchev–Trinajstić information content (AvgIpc) is 2.94. The minimum atomic E-state index is 0.668. The maximum atomic E-state index is 4.89. The van der Waals surface area contributed by atoms with Crippen LogP contribution < -0.4 is 5.32 Å². The van der Waals surface area contributed by atoms with Crippen LogP contribution in [0.3, 0.4) is 0 Å². The maximum Gasteiger partial charge on any atom is 0.194 e. The number of rotatable bonds is 7. The molecule has 5 nitrogen and oxygen atoms in total. The standard InChI is InChI=1S/C20H31N5/c1-6-18-17(19(7-2)25(5)23-18)14-22-20(21-8-3)24(4)15-16-12-10-9-11-13-16/h9-13H,6-8,14-15H2,1-5H3,(H,21,22). The summed E-state index contributed by atoms with van der Waals surface area (Å²) in [6, 6.07) is 10.5. The van der Waals surface area contributed by atoms with Crippen molar-refractivity contribution in [3.05, 3.63) is 52.8 Å². The number of nitrogens with zero attached hydrogens (tertiary/aromatic N) is 4. The fraction of sp³-hybridized carbons (Fsp3) is 0.500. The van der Waals surface area contributed by atoms with Crippen LogP contribution in [0.2, 0.25) is 0 Å². The van der Waals surface area contributed by atoms with Gasteiger partial charge in [0.2, 0.25) is 0 Å². The largest absolute Gasteiger partial charge is 0.357 e. The molecule has 0 fully saturated rings. The third-order valence-corrected chi connectivity index (χ3v) is 4.37. The first-order valence-corrected chi connectivity index (χ1v) is 9.17. The number of aromatic nitrogens is 2. The maximum absolute atomic E-state index is 4.89. The Morgan fingerprint density at radius 3 is 2.48 bits per heavy atom. The average molecular weight is 342 g/mol. The van der Waals surface area contributed by atoms with E-state index in [0.717, 1.165) is 37.6 Å². The summed E-state index contributed by atoms with van der Waals surface area (Å²) in [5, 5.41) is 8.05. The fourth-order valence-corrected chi connectivity index (χ4v) is 3.13. The lowest BCUT2D eigenvalue weighted by molar-refractivity contribution is 0.476. The molecule has 0 spiro atoms. The summed E-state index contributed by atoms with van der Waals surface area (Å²) >= 11 is 0. The zero-order valence-corrected chi connectivity index (χ0v) is 16.2. The Morgan fingerprint density at radius 2 is 1.88 bits per heavy atom. The van der Waals surface area contributed by atoms with Crippen LogP contribution in [-0.2, 0) is 33.0 Å². The Balaban J connectivity index is 2.19. The van der Waals surface area contributed by atoms with Gasteiger partial charge in [-0.1, -0.05) is 44.2 Å². The Morgan fingerprint density at radius 1 is 1.16 bits per heavy atom. The number of aryl methyl sites for hydroxylation is 2. The molecule has 0 atom stereocenters. The quantitative estimate of drug-likeness (QED) is 0.621. The summed E-state index contributed by atoms with van der Waals surface area (Å²) in [6.45, 7) is 8.79. The third-order valence-electron chi connectivity index (χ3n) is 4.37. The van der Waals surface area contributed by atoms with Crippen molar-refractivity contribution in [2.45, 2.75) is 46.7 Å². The Kier molecular flexibility index (Phi) is 7.04. The lowest BCUT2D eigenvalue weighted by atomic mass is 10.1. The van der Waals surface area contributed by atoms with Gasteiger partial charge in [-0.25, -0.2) is 4.99 Å². The van der Waals surface area contributed by atoms with Crippen LogP contribution in [-0.4, -0.2) is 34.2 Å². The number of hydrogen-bond acceptors (Lipinski definition) is 2. The van der Waals surface area contributed by atoms with Gasteiger partial charge in [0.25, 0.3) is 0 Å². The van der Waals surface area contributed by atoms with Crippen molar-refractivity contribution in [3.63, 3.8) is 0 Å². The summed E-state index contributed by atoms with van der Waals surface area (Å²) in [5.74, 6) is 0.930. The molecular weight excluding hydrogens is 310 g/mol. The zero-order valence-electron chi connectivity index (χ0n) is 16.2. The second-order valence-electron chi connectivity index (χ2n) is 6.21.